The topological polar surface area (TPSA) is 80.8 Å². The molecule has 2 amide bonds. The molecule has 0 unspecified atom stereocenters. The maximum atomic E-state index is 13.1. The molecule has 1 N–H and O–H groups in total. The quantitative estimate of drug-likeness (QED) is 0.556. The number of amides is 2. The van der Waals surface area contributed by atoms with Crippen LogP contribution in [0.4, 0.5) is 5.69 Å². The third-order valence-corrected chi connectivity index (χ3v) is 5.15. The number of carbonyl (C=O) groups excluding carboxylic acids is 2. The Morgan fingerprint density at radius 2 is 1.88 bits per heavy atom. The van der Waals surface area contributed by atoms with Crippen molar-refractivity contribution >= 4 is 17.5 Å². The van der Waals surface area contributed by atoms with E-state index < -0.39 is 0 Å². The fourth-order valence-corrected chi connectivity index (χ4v) is 3.35. The van der Waals surface area contributed by atoms with Crippen LogP contribution in [0.3, 0.4) is 0 Å². The lowest BCUT2D eigenvalue weighted by molar-refractivity contribution is -0.118. The van der Waals surface area contributed by atoms with Crippen LogP contribution >= 0.6 is 0 Å². The van der Waals surface area contributed by atoms with Gasteiger partial charge in [-0.05, 0) is 60.9 Å². The van der Waals surface area contributed by atoms with Crippen LogP contribution in [0, 0.1) is 0 Å². The molecule has 1 aliphatic rings. The summed E-state index contributed by atoms with van der Waals surface area (Å²) in [6.45, 7) is 0.403. The Labute approximate surface area is 187 Å². The van der Waals surface area contributed by atoms with Gasteiger partial charge in [0.15, 0.2) is 6.61 Å². The van der Waals surface area contributed by atoms with Gasteiger partial charge in [0.05, 0.1) is 7.11 Å². The van der Waals surface area contributed by atoms with E-state index in [1.807, 2.05) is 17.0 Å². The molecule has 7 heteroatoms. The molecule has 4 rings (SSSR count). The smallest absolute Gasteiger partial charge is 0.262 e. The SMILES string of the molecule is COc1cccc(NC(=O)COc2ccc(C(=O)N(Cc3cccnc3)C3CC3)cc2)c1. The van der Waals surface area contributed by atoms with E-state index in [0.29, 0.717) is 29.3 Å². The van der Waals surface area contributed by atoms with Gasteiger partial charge in [0.2, 0.25) is 0 Å². The lowest BCUT2D eigenvalue weighted by atomic mass is 10.1. The van der Waals surface area contributed by atoms with Gasteiger partial charge >= 0.3 is 0 Å². The van der Waals surface area contributed by atoms with Crippen molar-refractivity contribution in [1.82, 2.24) is 9.88 Å². The number of benzene rings is 2. The predicted octanol–water partition coefficient (Wildman–Crippen LogP) is 3.91. The highest BCUT2D eigenvalue weighted by molar-refractivity contribution is 5.95. The molecule has 0 radical (unpaired) electrons. The van der Waals surface area contributed by atoms with Crippen molar-refractivity contribution in [3.8, 4) is 11.5 Å². The zero-order valence-corrected chi connectivity index (χ0v) is 17.9. The van der Waals surface area contributed by atoms with Crippen LogP contribution in [-0.2, 0) is 11.3 Å². The Bertz CT molecular complexity index is 1070. The third kappa shape index (κ3) is 5.63. The fourth-order valence-electron chi connectivity index (χ4n) is 3.35. The van der Waals surface area contributed by atoms with Crippen molar-refractivity contribution in [3.05, 3.63) is 84.2 Å². The number of hydrogen-bond acceptors (Lipinski definition) is 5. The van der Waals surface area contributed by atoms with E-state index >= 15 is 0 Å². The summed E-state index contributed by atoms with van der Waals surface area (Å²) in [7, 11) is 1.57. The summed E-state index contributed by atoms with van der Waals surface area (Å²) in [5.41, 5.74) is 2.23. The molecule has 0 saturated heterocycles. The Hall–Kier alpha value is -3.87. The minimum atomic E-state index is -0.283. The number of anilines is 1. The molecule has 2 aromatic carbocycles. The molecule has 3 aromatic rings. The number of carbonyl (C=O) groups is 2. The third-order valence-electron chi connectivity index (χ3n) is 5.15. The summed E-state index contributed by atoms with van der Waals surface area (Å²) in [6.07, 6.45) is 5.56. The number of ether oxygens (including phenoxy) is 2. The molecule has 32 heavy (non-hydrogen) atoms. The van der Waals surface area contributed by atoms with Crippen LogP contribution in [-0.4, -0.2) is 41.5 Å². The minimum Gasteiger partial charge on any atom is -0.497 e. The van der Waals surface area contributed by atoms with Gasteiger partial charge in [-0.15, -0.1) is 0 Å². The highest BCUT2D eigenvalue weighted by atomic mass is 16.5. The van der Waals surface area contributed by atoms with Crippen molar-refractivity contribution in [3.63, 3.8) is 0 Å². The number of rotatable bonds is 9. The first-order valence-electron chi connectivity index (χ1n) is 10.5. The molecule has 0 spiro atoms. The average molecular weight is 431 g/mol. The van der Waals surface area contributed by atoms with E-state index in [0.717, 1.165) is 18.4 Å². The Balaban J connectivity index is 1.33. The first-order valence-corrected chi connectivity index (χ1v) is 10.5. The molecule has 0 bridgehead atoms. The van der Waals surface area contributed by atoms with Gasteiger partial charge < -0.3 is 19.7 Å². The first-order chi connectivity index (χ1) is 15.6. The lowest BCUT2D eigenvalue weighted by Gasteiger charge is -2.22. The maximum absolute atomic E-state index is 13.1. The van der Waals surface area contributed by atoms with Crippen LogP contribution < -0.4 is 14.8 Å². The van der Waals surface area contributed by atoms with E-state index in [1.54, 1.807) is 68.0 Å². The van der Waals surface area contributed by atoms with E-state index in [-0.39, 0.29) is 24.5 Å². The summed E-state index contributed by atoms with van der Waals surface area (Å²) in [4.78, 5) is 31.3. The highest BCUT2D eigenvalue weighted by Crippen LogP contribution is 2.30. The van der Waals surface area contributed by atoms with Crippen molar-refractivity contribution in [2.24, 2.45) is 0 Å². The maximum Gasteiger partial charge on any atom is 0.262 e. The van der Waals surface area contributed by atoms with Crippen molar-refractivity contribution in [1.29, 1.82) is 0 Å². The molecule has 1 saturated carbocycles. The van der Waals surface area contributed by atoms with Gasteiger partial charge in [-0.1, -0.05) is 12.1 Å². The molecule has 0 atom stereocenters. The second-order valence-electron chi connectivity index (χ2n) is 7.62. The zero-order chi connectivity index (χ0) is 22.3. The molecule has 7 nitrogen and oxygen atoms in total. The molecule has 164 valence electrons. The van der Waals surface area contributed by atoms with Crippen LogP contribution in [0.15, 0.2) is 73.1 Å². The number of methoxy groups -OCH3 is 1. The summed E-state index contributed by atoms with van der Waals surface area (Å²) < 4.78 is 10.7. The Morgan fingerprint density at radius 3 is 2.56 bits per heavy atom. The summed E-state index contributed by atoms with van der Waals surface area (Å²) in [5.74, 6) is 0.883. The van der Waals surface area contributed by atoms with Gasteiger partial charge in [0.25, 0.3) is 11.8 Å². The monoisotopic (exact) mass is 431 g/mol. The summed E-state index contributed by atoms with van der Waals surface area (Å²) >= 11 is 0. The largest absolute Gasteiger partial charge is 0.497 e. The Kier molecular flexibility index (Phi) is 6.65. The molecule has 1 fully saturated rings. The van der Waals surface area contributed by atoms with Crippen LogP contribution in [0.25, 0.3) is 0 Å². The normalized spacial score (nSPS) is 12.7. The number of hydrogen-bond donors (Lipinski definition) is 1. The molecular formula is C25H25N3O4. The van der Waals surface area contributed by atoms with E-state index in [1.165, 1.54) is 0 Å². The highest BCUT2D eigenvalue weighted by Gasteiger charge is 2.33. The molecule has 0 aliphatic heterocycles. The minimum absolute atomic E-state index is 0.0151. The number of nitrogens with one attached hydrogen (secondary N) is 1. The van der Waals surface area contributed by atoms with Gasteiger partial charge in [0, 0.05) is 42.3 Å². The van der Waals surface area contributed by atoms with E-state index in [9.17, 15) is 9.59 Å². The standard InChI is InChI=1S/C25H25N3O4/c1-31-23-6-2-5-20(14-23)27-24(29)17-32-22-11-7-19(8-12-22)25(30)28(21-9-10-21)16-18-4-3-13-26-15-18/h2-8,11-15,21H,9-10,16-17H2,1H3,(H,27,29). The van der Waals surface area contributed by atoms with E-state index in [4.69, 9.17) is 9.47 Å². The number of aromatic nitrogens is 1. The first kappa shape index (κ1) is 21.4. The number of nitrogens with zero attached hydrogens (tertiary/aromatic N) is 2. The second-order valence-corrected chi connectivity index (χ2v) is 7.62. The molecule has 1 aromatic heterocycles. The average Bonchev–Trinajstić information content (AvgIpc) is 3.67. The molecule has 1 heterocycles. The number of pyridine rings is 1. The summed E-state index contributed by atoms with van der Waals surface area (Å²) in [5, 5.41) is 2.76. The zero-order valence-electron chi connectivity index (χ0n) is 17.9. The molecule has 1 aliphatic carbocycles. The van der Waals surface area contributed by atoms with Gasteiger partial charge in [-0.3, -0.25) is 14.6 Å². The second kappa shape index (κ2) is 9.96. The van der Waals surface area contributed by atoms with E-state index in [2.05, 4.69) is 10.3 Å². The van der Waals surface area contributed by atoms with Gasteiger partial charge in [-0.2, -0.15) is 0 Å². The Morgan fingerprint density at radius 1 is 1.06 bits per heavy atom. The van der Waals surface area contributed by atoms with Gasteiger partial charge in [-0.25, -0.2) is 0 Å². The fraction of sp³-hybridized carbons (Fsp3) is 0.240. The lowest BCUT2D eigenvalue weighted by Crippen LogP contribution is -2.32. The van der Waals surface area contributed by atoms with Crippen LogP contribution in [0.1, 0.15) is 28.8 Å². The molecular weight excluding hydrogens is 406 g/mol. The van der Waals surface area contributed by atoms with Crippen molar-refractivity contribution in [2.75, 3.05) is 19.0 Å². The van der Waals surface area contributed by atoms with Gasteiger partial charge in [0.1, 0.15) is 11.5 Å². The predicted molar refractivity (Wildman–Crippen MR) is 121 cm³/mol. The van der Waals surface area contributed by atoms with Crippen LogP contribution in [0.2, 0.25) is 0 Å². The van der Waals surface area contributed by atoms with Crippen molar-refractivity contribution < 1.29 is 19.1 Å². The van der Waals surface area contributed by atoms with Crippen LogP contribution in [0.5, 0.6) is 11.5 Å². The summed E-state index contributed by atoms with van der Waals surface area (Å²) in [6, 6.07) is 18.1. The van der Waals surface area contributed by atoms with Crippen molar-refractivity contribution in [2.45, 2.75) is 25.4 Å².